The fourth-order valence-electron chi connectivity index (χ4n) is 0.965. The minimum atomic E-state index is 0.512. The summed E-state index contributed by atoms with van der Waals surface area (Å²) in [7, 11) is 0. The highest BCUT2D eigenvalue weighted by Crippen LogP contribution is 2.14. The van der Waals surface area contributed by atoms with Gasteiger partial charge in [-0.1, -0.05) is 13.8 Å². The van der Waals surface area contributed by atoms with E-state index in [1.54, 1.807) is 0 Å². The molecule has 3 heteroatoms. The molecule has 1 aromatic rings. The van der Waals surface area contributed by atoms with Crippen LogP contribution in [-0.4, -0.2) is 16.7 Å². The van der Waals surface area contributed by atoms with Crippen molar-refractivity contribution in [1.29, 1.82) is 0 Å². The molecule has 0 aliphatic rings. The lowest BCUT2D eigenvalue weighted by molar-refractivity contribution is 0.841. The van der Waals surface area contributed by atoms with Crippen LogP contribution in [0.4, 0.5) is 5.82 Å². The van der Waals surface area contributed by atoms with E-state index >= 15 is 0 Å². The van der Waals surface area contributed by atoms with Gasteiger partial charge in [0.2, 0.25) is 0 Å². The molecule has 3 nitrogen and oxygen atoms in total. The molecule has 0 saturated heterocycles. The number of hydrogen-bond donors (Lipinski definition) is 1. The Morgan fingerprint density at radius 2 is 2.25 bits per heavy atom. The molecule has 0 radical (unpaired) electrons. The standard InChI is InChI=1S/C9H15N3/c1-4-10-9-5-8(7(2)3)6-11-12-9/h5-7H,4H2,1-3H3,(H,10,12). The maximum atomic E-state index is 3.95. The van der Waals surface area contributed by atoms with Gasteiger partial charge in [0.1, 0.15) is 5.82 Å². The third-order valence-corrected chi connectivity index (χ3v) is 1.70. The van der Waals surface area contributed by atoms with Crippen molar-refractivity contribution in [2.24, 2.45) is 0 Å². The first-order chi connectivity index (χ1) is 5.74. The van der Waals surface area contributed by atoms with Crippen LogP contribution in [0, 0.1) is 0 Å². The van der Waals surface area contributed by atoms with E-state index in [-0.39, 0.29) is 0 Å². The largest absolute Gasteiger partial charge is 0.369 e. The number of nitrogens with zero attached hydrogens (tertiary/aromatic N) is 2. The van der Waals surface area contributed by atoms with Gasteiger partial charge in [-0.3, -0.25) is 0 Å². The third-order valence-electron chi connectivity index (χ3n) is 1.70. The Bertz CT molecular complexity index is 245. The monoisotopic (exact) mass is 165 g/mol. The lowest BCUT2D eigenvalue weighted by Gasteiger charge is -2.06. The number of hydrogen-bond acceptors (Lipinski definition) is 3. The van der Waals surface area contributed by atoms with E-state index in [0.29, 0.717) is 5.92 Å². The van der Waals surface area contributed by atoms with Gasteiger partial charge in [0, 0.05) is 6.54 Å². The molecule has 0 aliphatic carbocycles. The van der Waals surface area contributed by atoms with E-state index in [9.17, 15) is 0 Å². The molecular weight excluding hydrogens is 150 g/mol. The van der Waals surface area contributed by atoms with E-state index in [2.05, 4.69) is 29.4 Å². The van der Waals surface area contributed by atoms with Gasteiger partial charge in [-0.25, -0.2) is 0 Å². The summed E-state index contributed by atoms with van der Waals surface area (Å²) in [5, 5.41) is 11.0. The Labute approximate surface area is 73.2 Å². The van der Waals surface area contributed by atoms with Crippen molar-refractivity contribution in [3.63, 3.8) is 0 Å². The van der Waals surface area contributed by atoms with Crippen LogP contribution in [0.1, 0.15) is 32.3 Å². The van der Waals surface area contributed by atoms with Crippen molar-refractivity contribution in [1.82, 2.24) is 10.2 Å². The van der Waals surface area contributed by atoms with Crippen LogP contribution in [0.3, 0.4) is 0 Å². The topological polar surface area (TPSA) is 37.8 Å². The molecule has 0 spiro atoms. The lowest BCUT2D eigenvalue weighted by atomic mass is 10.1. The van der Waals surface area contributed by atoms with Gasteiger partial charge < -0.3 is 5.32 Å². The van der Waals surface area contributed by atoms with Gasteiger partial charge in [-0.15, -0.1) is 5.10 Å². The maximum Gasteiger partial charge on any atom is 0.148 e. The first-order valence-electron chi connectivity index (χ1n) is 4.30. The lowest BCUT2D eigenvalue weighted by Crippen LogP contribution is -2.01. The molecule has 1 aromatic heterocycles. The normalized spacial score (nSPS) is 10.3. The summed E-state index contributed by atoms with van der Waals surface area (Å²) in [5.74, 6) is 1.38. The Morgan fingerprint density at radius 3 is 2.83 bits per heavy atom. The SMILES string of the molecule is CCNc1cc(C(C)C)cnn1. The van der Waals surface area contributed by atoms with E-state index in [1.165, 1.54) is 5.56 Å². The van der Waals surface area contributed by atoms with E-state index < -0.39 is 0 Å². The highest BCUT2D eigenvalue weighted by atomic mass is 15.2. The number of aromatic nitrogens is 2. The minimum absolute atomic E-state index is 0.512. The van der Waals surface area contributed by atoms with Gasteiger partial charge in [-0.2, -0.15) is 5.10 Å². The maximum absolute atomic E-state index is 3.95. The Morgan fingerprint density at radius 1 is 1.50 bits per heavy atom. The highest BCUT2D eigenvalue weighted by molar-refractivity contribution is 5.36. The molecule has 1 N–H and O–H groups in total. The molecule has 1 rings (SSSR count). The van der Waals surface area contributed by atoms with Crippen molar-refractivity contribution in [2.75, 3.05) is 11.9 Å². The van der Waals surface area contributed by atoms with Gasteiger partial charge >= 0.3 is 0 Å². The fourth-order valence-corrected chi connectivity index (χ4v) is 0.965. The summed E-state index contributed by atoms with van der Waals surface area (Å²) in [6.45, 7) is 7.22. The molecule has 0 aliphatic heterocycles. The van der Waals surface area contributed by atoms with Crippen molar-refractivity contribution >= 4 is 5.82 Å². The van der Waals surface area contributed by atoms with Gasteiger partial charge in [0.15, 0.2) is 0 Å². The molecule has 0 aromatic carbocycles. The van der Waals surface area contributed by atoms with Crippen molar-refractivity contribution < 1.29 is 0 Å². The summed E-state index contributed by atoms with van der Waals surface area (Å²) >= 11 is 0. The molecule has 66 valence electrons. The second-order valence-electron chi connectivity index (χ2n) is 3.06. The number of nitrogens with one attached hydrogen (secondary N) is 1. The molecule has 0 atom stereocenters. The molecule has 0 saturated carbocycles. The first kappa shape index (κ1) is 8.97. The third kappa shape index (κ3) is 2.19. The minimum Gasteiger partial charge on any atom is -0.369 e. The van der Waals surface area contributed by atoms with E-state index in [0.717, 1.165) is 12.4 Å². The van der Waals surface area contributed by atoms with Crippen molar-refractivity contribution in [2.45, 2.75) is 26.7 Å². The molecule has 0 unspecified atom stereocenters. The zero-order valence-electron chi connectivity index (χ0n) is 7.83. The zero-order valence-corrected chi connectivity index (χ0v) is 7.83. The second-order valence-corrected chi connectivity index (χ2v) is 3.06. The van der Waals surface area contributed by atoms with Crippen LogP contribution < -0.4 is 5.32 Å². The summed E-state index contributed by atoms with van der Waals surface area (Å²) in [6, 6.07) is 2.04. The van der Waals surface area contributed by atoms with Crippen LogP contribution in [0.25, 0.3) is 0 Å². The Kier molecular flexibility index (Phi) is 3.02. The first-order valence-corrected chi connectivity index (χ1v) is 4.30. The average Bonchev–Trinajstić information content (AvgIpc) is 2.05. The average molecular weight is 165 g/mol. The molecule has 0 bridgehead atoms. The Balaban J connectivity index is 2.81. The smallest absolute Gasteiger partial charge is 0.148 e. The predicted octanol–water partition coefficient (Wildman–Crippen LogP) is 2.03. The summed E-state index contributed by atoms with van der Waals surface area (Å²) < 4.78 is 0. The molecule has 0 fully saturated rings. The van der Waals surface area contributed by atoms with Gasteiger partial charge in [0.05, 0.1) is 6.20 Å². The van der Waals surface area contributed by atoms with Crippen molar-refractivity contribution in [3.8, 4) is 0 Å². The van der Waals surface area contributed by atoms with E-state index in [4.69, 9.17) is 0 Å². The summed E-state index contributed by atoms with van der Waals surface area (Å²) in [4.78, 5) is 0. The van der Waals surface area contributed by atoms with Gasteiger partial charge in [-0.05, 0) is 24.5 Å². The molecule has 1 heterocycles. The highest BCUT2D eigenvalue weighted by Gasteiger charge is 2.00. The second kappa shape index (κ2) is 4.04. The zero-order chi connectivity index (χ0) is 8.97. The van der Waals surface area contributed by atoms with Crippen LogP contribution in [0.15, 0.2) is 12.3 Å². The summed E-state index contributed by atoms with van der Waals surface area (Å²) in [5.41, 5.74) is 1.22. The van der Waals surface area contributed by atoms with Crippen LogP contribution >= 0.6 is 0 Å². The van der Waals surface area contributed by atoms with E-state index in [1.807, 2.05) is 19.2 Å². The van der Waals surface area contributed by atoms with Crippen LogP contribution in [0.2, 0.25) is 0 Å². The molecular formula is C9H15N3. The molecule has 0 amide bonds. The number of rotatable bonds is 3. The Hall–Kier alpha value is -1.12. The fraction of sp³-hybridized carbons (Fsp3) is 0.556. The van der Waals surface area contributed by atoms with Crippen molar-refractivity contribution in [3.05, 3.63) is 17.8 Å². The van der Waals surface area contributed by atoms with Gasteiger partial charge in [0.25, 0.3) is 0 Å². The van der Waals surface area contributed by atoms with Crippen LogP contribution in [0.5, 0.6) is 0 Å². The summed E-state index contributed by atoms with van der Waals surface area (Å²) in [6.07, 6.45) is 1.81. The number of anilines is 1. The predicted molar refractivity (Wildman–Crippen MR) is 50.3 cm³/mol. The molecule has 12 heavy (non-hydrogen) atoms. The quantitative estimate of drug-likeness (QED) is 0.744. The van der Waals surface area contributed by atoms with Crippen LogP contribution in [-0.2, 0) is 0 Å².